The highest BCUT2D eigenvalue weighted by Gasteiger charge is 2.27. The van der Waals surface area contributed by atoms with Crippen LogP contribution in [-0.2, 0) is 11.2 Å². The van der Waals surface area contributed by atoms with Crippen LogP contribution in [0.2, 0.25) is 10.0 Å². The quantitative estimate of drug-likeness (QED) is 0.0787. The number of rotatable bonds is 10. The van der Waals surface area contributed by atoms with Crippen LogP contribution in [-0.4, -0.2) is 63.7 Å². The first-order valence-electron chi connectivity index (χ1n) is 17.6. The van der Waals surface area contributed by atoms with Crippen LogP contribution in [0.1, 0.15) is 40.4 Å². The molecule has 0 bridgehead atoms. The molecular weight excluding hydrogens is 759 g/mol. The molecule has 3 aliphatic rings. The summed E-state index contributed by atoms with van der Waals surface area (Å²) < 4.78 is 5.93. The van der Waals surface area contributed by atoms with Gasteiger partial charge in [-0.3, -0.25) is 9.59 Å². The summed E-state index contributed by atoms with van der Waals surface area (Å²) in [6.07, 6.45) is 2.44. The van der Waals surface area contributed by atoms with Crippen molar-refractivity contribution < 1.29 is 24.2 Å². The van der Waals surface area contributed by atoms with E-state index in [1.165, 1.54) is 30.3 Å². The van der Waals surface area contributed by atoms with Gasteiger partial charge in [-0.1, -0.05) is 47.5 Å². The largest absolute Gasteiger partial charge is 0.508 e. The average Bonchev–Trinajstić information content (AvgIpc) is 3.68. The molecule has 0 aromatic heterocycles. The molecule has 2 aliphatic heterocycles. The number of thiocarbonyl (C=S) groups is 1. The minimum Gasteiger partial charge on any atom is -0.508 e. The molecule has 4 aromatic rings. The molecule has 1 fully saturated rings. The molecule has 7 rings (SSSR count). The lowest BCUT2D eigenvalue weighted by atomic mass is 9.90. The number of nitrogens with zero attached hydrogens (tertiary/aromatic N) is 2. The maximum absolute atomic E-state index is 13.5. The number of hydrogen-bond donors (Lipinski definition) is 4. The fourth-order valence-corrected chi connectivity index (χ4v) is 7.59. The average molecular weight is 796 g/mol. The number of halogens is 2. The number of likely N-dealkylation sites (N-methyl/N-ethyl adjacent to an activating group) is 1. The molecule has 4 aromatic carbocycles. The maximum Gasteiger partial charge on any atom is 0.336 e. The Morgan fingerprint density at radius 3 is 2.31 bits per heavy atom. The number of carboxylic acids is 1. The van der Waals surface area contributed by atoms with Crippen LogP contribution in [0.4, 0.5) is 11.4 Å². The maximum atomic E-state index is 13.5. The van der Waals surface area contributed by atoms with Gasteiger partial charge >= 0.3 is 5.97 Å². The lowest BCUT2D eigenvalue weighted by molar-refractivity contribution is -0.131. The Balaban J connectivity index is 1.09. The number of carbonyl (C=O) groups excluding carboxylic acids is 1. The van der Waals surface area contributed by atoms with E-state index >= 15 is 0 Å². The van der Waals surface area contributed by atoms with Crippen LogP contribution < -0.4 is 16.1 Å². The molecule has 1 aliphatic carbocycles. The standard InChI is InChI=1S/C42H36Cl2N4O6S/c1-47(39(51)19-24-4-15-34(43)35(44)18-24)36(23-48-16-2-3-17-48)25-5-7-26(8-6-25)45-42(55)46-27-9-12-30(33(20-27)41(52)53)40-31-13-10-28(49)21-37(31)54-38-22-29(50)11-14-32(38)40/h4-15,18,20-22,36,49H,2-3,16-17,19,23H2,1H3,(H,52,53)(H2,45,46,55)/t36-/m0/s1. The number of benzene rings is 5. The zero-order valence-corrected chi connectivity index (χ0v) is 32.0. The number of likely N-dealkylation sites (tertiary alicyclic amines) is 1. The minimum atomic E-state index is -1.17. The molecule has 0 saturated carbocycles. The van der Waals surface area contributed by atoms with Crippen molar-refractivity contribution in [2.75, 3.05) is 37.3 Å². The van der Waals surface area contributed by atoms with Gasteiger partial charge in [0.2, 0.25) is 5.91 Å². The summed E-state index contributed by atoms with van der Waals surface area (Å²) in [5.41, 5.74) is 4.41. The van der Waals surface area contributed by atoms with E-state index < -0.39 is 5.97 Å². The van der Waals surface area contributed by atoms with E-state index in [4.69, 9.17) is 39.8 Å². The van der Waals surface area contributed by atoms with Crippen LogP contribution in [0.5, 0.6) is 5.75 Å². The van der Waals surface area contributed by atoms with Crippen molar-refractivity contribution in [2.24, 2.45) is 0 Å². The van der Waals surface area contributed by atoms with Crippen molar-refractivity contribution in [1.29, 1.82) is 0 Å². The first-order valence-corrected chi connectivity index (χ1v) is 18.8. The molecule has 2 heterocycles. The van der Waals surface area contributed by atoms with E-state index in [9.17, 15) is 24.6 Å². The number of hydrogen-bond acceptors (Lipinski definition) is 7. The second kappa shape index (κ2) is 16.1. The Bertz CT molecular complexity index is 2470. The molecule has 280 valence electrons. The van der Waals surface area contributed by atoms with Crippen LogP contribution in [0, 0.1) is 0 Å². The molecule has 1 atom stereocenters. The number of phenolic OH excluding ortho intramolecular Hbond substituents is 1. The molecule has 0 radical (unpaired) electrons. The van der Waals surface area contributed by atoms with Crippen LogP contribution in [0.25, 0.3) is 33.4 Å². The highest BCUT2D eigenvalue weighted by molar-refractivity contribution is 7.80. The number of aromatic carboxylic acids is 1. The minimum absolute atomic E-state index is 0.00732. The molecule has 4 N–H and O–H groups in total. The Morgan fingerprint density at radius 2 is 1.58 bits per heavy atom. The molecule has 13 heteroatoms. The van der Waals surface area contributed by atoms with E-state index in [0.29, 0.717) is 55.6 Å². The molecular formula is C42H36Cl2N4O6S. The summed E-state index contributed by atoms with van der Waals surface area (Å²) in [4.78, 5) is 42.5. The lowest BCUT2D eigenvalue weighted by Gasteiger charge is -2.32. The Labute approximate surface area is 332 Å². The van der Waals surface area contributed by atoms with Gasteiger partial charge < -0.3 is 35.1 Å². The van der Waals surface area contributed by atoms with E-state index in [0.717, 1.165) is 37.1 Å². The zero-order valence-electron chi connectivity index (χ0n) is 29.6. The number of amides is 1. The van der Waals surface area contributed by atoms with Gasteiger partial charge in [0.15, 0.2) is 10.5 Å². The van der Waals surface area contributed by atoms with Crippen LogP contribution in [0.15, 0.2) is 106 Å². The van der Waals surface area contributed by atoms with Gasteiger partial charge in [-0.05, 0) is 116 Å². The van der Waals surface area contributed by atoms with E-state index in [2.05, 4.69) is 15.5 Å². The van der Waals surface area contributed by atoms with Gasteiger partial charge in [-0.25, -0.2) is 4.79 Å². The summed E-state index contributed by atoms with van der Waals surface area (Å²) in [5, 5.41) is 28.4. The van der Waals surface area contributed by atoms with Crippen molar-refractivity contribution in [3.05, 3.63) is 134 Å². The van der Waals surface area contributed by atoms with E-state index in [1.807, 2.05) is 37.4 Å². The summed E-state index contributed by atoms with van der Waals surface area (Å²) >= 11 is 17.9. The first-order chi connectivity index (χ1) is 26.4. The smallest absolute Gasteiger partial charge is 0.336 e. The van der Waals surface area contributed by atoms with Crippen molar-refractivity contribution in [3.8, 4) is 28.2 Å². The van der Waals surface area contributed by atoms with Gasteiger partial charge in [0.1, 0.15) is 17.1 Å². The predicted molar refractivity (Wildman–Crippen MR) is 221 cm³/mol. The highest BCUT2D eigenvalue weighted by Crippen LogP contribution is 2.42. The van der Waals surface area contributed by atoms with Crippen molar-refractivity contribution in [2.45, 2.75) is 25.3 Å². The highest BCUT2D eigenvalue weighted by atomic mass is 35.5. The van der Waals surface area contributed by atoms with Gasteiger partial charge in [0.05, 0.1) is 28.1 Å². The predicted octanol–water partition coefficient (Wildman–Crippen LogP) is 8.92. The third kappa shape index (κ3) is 8.45. The number of fused-ring (bicyclic) bond motifs is 2. The van der Waals surface area contributed by atoms with Gasteiger partial charge in [0.25, 0.3) is 0 Å². The van der Waals surface area contributed by atoms with Crippen LogP contribution in [0.3, 0.4) is 0 Å². The number of phenols is 1. The van der Waals surface area contributed by atoms with Gasteiger partial charge in [-0.2, -0.15) is 0 Å². The first kappa shape index (κ1) is 37.8. The fraction of sp³-hybridized carbons (Fsp3) is 0.190. The normalized spacial score (nSPS) is 13.5. The summed E-state index contributed by atoms with van der Waals surface area (Å²) in [5.74, 6) is -0.978. The van der Waals surface area contributed by atoms with E-state index in [1.54, 1.807) is 41.3 Å². The van der Waals surface area contributed by atoms with Crippen molar-refractivity contribution >= 4 is 74.8 Å². The number of carboxylic acid groups (broad SMARTS) is 1. The Morgan fingerprint density at radius 1 is 0.873 bits per heavy atom. The monoisotopic (exact) mass is 794 g/mol. The zero-order chi connectivity index (χ0) is 38.8. The Kier molecular flexibility index (Phi) is 11.1. The molecule has 1 amide bonds. The van der Waals surface area contributed by atoms with Gasteiger partial charge in [-0.15, -0.1) is 0 Å². The number of nitrogens with one attached hydrogen (secondary N) is 2. The second-order valence-electron chi connectivity index (χ2n) is 13.5. The summed E-state index contributed by atoms with van der Waals surface area (Å²) in [7, 11) is 1.83. The summed E-state index contributed by atoms with van der Waals surface area (Å²) in [6, 6.07) is 26.6. The fourth-order valence-electron chi connectivity index (χ4n) is 7.03. The third-order valence-corrected chi connectivity index (χ3v) is 10.8. The van der Waals surface area contributed by atoms with Crippen LogP contribution >= 0.6 is 35.4 Å². The SMILES string of the molecule is CN(C(=O)Cc1ccc(Cl)c(Cl)c1)[C@@H](CN1CCCC1)c1ccc(NC(=S)Nc2ccc(-c3c4ccc(=O)cc-4oc4cc(O)ccc34)c(C(=O)O)c2)cc1. The Hall–Kier alpha value is -5.46. The molecule has 1 saturated heterocycles. The molecule has 0 unspecified atom stereocenters. The van der Waals surface area contributed by atoms with Crippen molar-refractivity contribution in [1.82, 2.24) is 9.80 Å². The van der Waals surface area contributed by atoms with Crippen molar-refractivity contribution in [3.63, 3.8) is 0 Å². The number of aromatic hydroxyl groups is 1. The number of carbonyl (C=O) groups is 2. The molecule has 10 nitrogen and oxygen atoms in total. The van der Waals surface area contributed by atoms with Gasteiger partial charge in [0, 0.05) is 53.6 Å². The topological polar surface area (TPSA) is 135 Å². The molecule has 55 heavy (non-hydrogen) atoms. The third-order valence-electron chi connectivity index (χ3n) is 9.84. The molecule has 0 spiro atoms. The lowest BCUT2D eigenvalue weighted by Crippen LogP contribution is -2.39. The number of anilines is 2. The summed E-state index contributed by atoms with van der Waals surface area (Å²) in [6.45, 7) is 2.66. The second-order valence-corrected chi connectivity index (χ2v) is 14.8. The van der Waals surface area contributed by atoms with E-state index in [-0.39, 0.29) is 46.0 Å².